The molecule has 0 unspecified atom stereocenters. The number of fused-ring (bicyclic) bond motifs is 2. The van der Waals surface area contributed by atoms with Gasteiger partial charge in [0, 0.05) is 17.1 Å². The number of halogens is 3. The molecule has 0 radical (unpaired) electrons. The zero-order valence-corrected chi connectivity index (χ0v) is 19.1. The molecule has 174 valence electrons. The molecule has 0 atom stereocenters. The molecule has 5 aromatic carbocycles. The van der Waals surface area contributed by atoms with Gasteiger partial charge in [-0.3, -0.25) is 4.98 Å². The summed E-state index contributed by atoms with van der Waals surface area (Å²) in [5.74, 6) is 0. The van der Waals surface area contributed by atoms with E-state index >= 15 is 0 Å². The molecule has 4 heteroatoms. The van der Waals surface area contributed by atoms with Crippen LogP contribution in [0, 0.1) is 0 Å². The van der Waals surface area contributed by atoms with Crippen molar-refractivity contribution >= 4 is 21.7 Å². The molecule has 0 spiro atoms. The van der Waals surface area contributed by atoms with Gasteiger partial charge in [0.1, 0.15) is 0 Å². The van der Waals surface area contributed by atoms with Crippen LogP contribution < -0.4 is 0 Å². The summed E-state index contributed by atoms with van der Waals surface area (Å²) in [6.45, 7) is 0. The van der Waals surface area contributed by atoms with Gasteiger partial charge in [-0.25, -0.2) is 0 Å². The van der Waals surface area contributed by atoms with E-state index in [1.165, 1.54) is 12.1 Å². The van der Waals surface area contributed by atoms with Crippen LogP contribution in [0.25, 0.3) is 55.1 Å². The quantitative estimate of drug-likeness (QED) is 0.248. The fourth-order valence-electron chi connectivity index (χ4n) is 4.54. The van der Waals surface area contributed by atoms with Gasteiger partial charge in [0.25, 0.3) is 0 Å². The second-order valence-corrected chi connectivity index (χ2v) is 8.85. The molecule has 0 amide bonds. The van der Waals surface area contributed by atoms with E-state index in [9.17, 15) is 13.2 Å². The molecule has 1 nitrogen and oxygen atoms in total. The lowest BCUT2D eigenvalue weighted by molar-refractivity contribution is -0.137. The van der Waals surface area contributed by atoms with Crippen molar-refractivity contribution in [3.05, 3.63) is 127 Å². The molecular weight excluding hydrogens is 455 g/mol. The Morgan fingerprint density at radius 2 is 0.944 bits per heavy atom. The van der Waals surface area contributed by atoms with Gasteiger partial charge in [-0.2, -0.15) is 13.2 Å². The molecule has 0 aliphatic rings. The zero-order valence-electron chi connectivity index (χ0n) is 19.1. The summed E-state index contributed by atoms with van der Waals surface area (Å²) in [5.41, 5.74) is 6.31. The lowest BCUT2D eigenvalue weighted by Crippen LogP contribution is -2.03. The number of hydrogen-bond donors (Lipinski definition) is 0. The first-order chi connectivity index (χ1) is 17.4. The molecule has 0 aliphatic heterocycles. The number of benzene rings is 5. The highest BCUT2D eigenvalue weighted by Crippen LogP contribution is 2.33. The second-order valence-electron chi connectivity index (χ2n) is 8.85. The molecule has 0 fully saturated rings. The molecule has 6 aromatic rings. The van der Waals surface area contributed by atoms with E-state index in [2.05, 4.69) is 59.6 Å². The molecule has 36 heavy (non-hydrogen) atoms. The van der Waals surface area contributed by atoms with Gasteiger partial charge < -0.3 is 0 Å². The summed E-state index contributed by atoms with van der Waals surface area (Å²) in [6.07, 6.45) is -2.44. The molecule has 0 saturated carbocycles. The van der Waals surface area contributed by atoms with Gasteiger partial charge in [0.2, 0.25) is 0 Å². The number of alkyl halides is 3. The molecular formula is C32H20F3N. The van der Waals surface area contributed by atoms with Crippen LogP contribution in [0.4, 0.5) is 13.2 Å². The zero-order chi connectivity index (χ0) is 24.7. The van der Waals surface area contributed by atoms with Crippen molar-refractivity contribution in [1.82, 2.24) is 4.98 Å². The van der Waals surface area contributed by atoms with E-state index in [-0.39, 0.29) is 0 Å². The summed E-state index contributed by atoms with van der Waals surface area (Å²) < 4.78 is 38.7. The molecule has 0 aliphatic carbocycles. The van der Waals surface area contributed by atoms with E-state index in [0.717, 1.165) is 67.2 Å². The van der Waals surface area contributed by atoms with Crippen LogP contribution >= 0.6 is 0 Å². The van der Waals surface area contributed by atoms with E-state index in [1.807, 2.05) is 42.6 Å². The Morgan fingerprint density at radius 3 is 1.56 bits per heavy atom. The lowest BCUT2D eigenvalue weighted by atomic mass is 9.96. The average molecular weight is 476 g/mol. The van der Waals surface area contributed by atoms with Crippen molar-refractivity contribution < 1.29 is 13.2 Å². The van der Waals surface area contributed by atoms with Crippen LogP contribution in [0.3, 0.4) is 0 Å². The number of nitrogens with zero attached hydrogens (tertiary/aromatic N) is 1. The van der Waals surface area contributed by atoms with Gasteiger partial charge in [0.05, 0.1) is 11.1 Å². The maximum absolute atomic E-state index is 12.9. The standard InChI is InChI=1S/C32H20F3N/c33-32(34,35)30-15-13-22(14-16-30)26-12-10-23-9-11-25(17-28(23)18-26)21-5-7-24(8-6-21)29-19-27-3-1-2-4-31(27)36-20-29/h1-20H. The van der Waals surface area contributed by atoms with Crippen molar-refractivity contribution in [2.75, 3.05) is 0 Å². The summed E-state index contributed by atoms with van der Waals surface area (Å²) in [5, 5.41) is 3.22. The fraction of sp³-hybridized carbons (Fsp3) is 0.0312. The molecule has 6 rings (SSSR count). The fourth-order valence-corrected chi connectivity index (χ4v) is 4.54. The van der Waals surface area contributed by atoms with Gasteiger partial charge in [-0.1, -0.05) is 78.9 Å². The van der Waals surface area contributed by atoms with E-state index in [0.29, 0.717) is 0 Å². The maximum atomic E-state index is 12.9. The van der Waals surface area contributed by atoms with Crippen molar-refractivity contribution in [3.63, 3.8) is 0 Å². The second kappa shape index (κ2) is 8.65. The minimum absolute atomic E-state index is 0.641. The van der Waals surface area contributed by atoms with Crippen LogP contribution in [0.15, 0.2) is 121 Å². The predicted molar refractivity (Wildman–Crippen MR) is 141 cm³/mol. The van der Waals surface area contributed by atoms with Crippen LogP contribution in [-0.4, -0.2) is 4.98 Å². The molecule has 1 aromatic heterocycles. The number of pyridine rings is 1. The van der Waals surface area contributed by atoms with Crippen LogP contribution in [-0.2, 0) is 6.18 Å². The molecule has 0 bridgehead atoms. The third kappa shape index (κ3) is 4.22. The van der Waals surface area contributed by atoms with Crippen molar-refractivity contribution in [1.29, 1.82) is 0 Å². The minimum atomic E-state index is -4.34. The highest BCUT2D eigenvalue weighted by atomic mass is 19.4. The van der Waals surface area contributed by atoms with Crippen LogP contribution in [0.1, 0.15) is 5.56 Å². The topological polar surface area (TPSA) is 12.9 Å². The molecule has 1 heterocycles. The first-order valence-corrected chi connectivity index (χ1v) is 11.6. The van der Waals surface area contributed by atoms with Crippen LogP contribution in [0.5, 0.6) is 0 Å². The number of rotatable bonds is 3. The first kappa shape index (κ1) is 22.1. The first-order valence-electron chi connectivity index (χ1n) is 11.6. The molecule has 0 saturated heterocycles. The predicted octanol–water partition coefficient (Wildman–Crippen LogP) is 9.41. The van der Waals surface area contributed by atoms with E-state index in [1.54, 1.807) is 0 Å². The Labute approximate surface area is 206 Å². The SMILES string of the molecule is FC(F)(F)c1ccc(-c2ccc3ccc(-c4ccc(-c5cnc6ccccc6c5)cc4)cc3c2)cc1. The van der Waals surface area contributed by atoms with Crippen molar-refractivity contribution in [2.45, 2.75) is 6.18 Å². The van der Waals surface area contributed by atoms with Gasteiger partial charge in [-0.15, -0.1) is 0 Å². The number of aromatic nitrogens is 1. The average Bonchev–Trinajstić information content (AvgIpc) is 2.92. The maximum Gasteiger partial charge on any atom is 0.416 e. The summed E-state index contributed by atoms with van der Waals surface area (Å²) in [7, 11) is 0. The Hall–Kier alpha value is -4.44. The smallest absolute Gasteiger partial charge is 0.256 e. The summed E-state index contributed by atoms with van der Waals surface area (Å²) in [4.78, 5) is 4.57. The Bertz CT molecular complexity index is 1700. The minimum Gasteiger partial charge on any atom is -0.256 e. The van der Waals surface area contributed by atoms with Gasteiger partial charge in [-0.05, 0) is 75.0 Å². The van der Waals surface area contributed by atoms with Gasteiger partial charge >= 0.3 is 6.18 Å². The third-order valence-electron chi connectivity index (χ3n) is 6.53. The van der Waals surface area contributed by atoms with Crippen molar-refractivity contribution in [3.8, 4) is 33.4 Å². The monoisotopic (exact) mass is 475 g/mol. The van der Waals surface area contributed by atoms with E-state index in [4.69, 9.17) is 0 Å². The number of para-hydroxylation sites is 1. The summed E-state index contributed by atoms with van der Waals surface area (Å²) in [6, 6.07) is 36.2. The largest absolute Gasteiger partial charge is 0.416 e. The third-order valence-corrected chi connectivity index (χ3v) is 6.53. The van der Waals surface area contributed by atoms with Gasteiger partial charge in [0.15, 0.2) is 0 Å². The lowest BCUT2D eigenvalue weighted by Gasteiger charge is -2.10. The van der Waals surface area contributed by atoms with E-state index < -0.39 is 11.7 Å². The van der Waals surface area contributed by atoms with Crippen LogP contribution in [0.2, 0.25) is 0 Å². The summed E-state index contributed by atoms with van der Waals surface area (Å²) >= 11 is 0. The highest BCUT2D eigenvalue weighted by Gasteiger charge is 2.29. The Morgan fingerprint density at radius 1 is 0.444 bits per heavy atom. The molecule has 0 N–H and O–H groups in total. The number of hydrogen-bond acceptors (Lipinski definition) is 1. The highest BCUT2D eigenvalue weighted by molar-refractivity contribution is 5.91. The van der Waals surface area contributed by atoms with Crippen molar-refractivity contribution in [2.24, 2.45) is 0 Å². The Balaban J connectivity index is 1.31. The Kier molecular flexibility index (Phi) is 5.30. The normalized spacial score (nSPS) is 11.8.